The Balaban J connectivity index is 0.000000225. The number of hydrogen-bond donors (Lipinski definition) is 3. The third-order valence-electron chi connectivity index (χ3n) is 3.66. The summed E-state index contributed by atoms with van der Waals surface area (Å²) < 4.78 is 33.5. The largest absolute Gasteiger partial charge is 0.478 e. The number of benzene rings is 2. The van der Waals surface area contributed by atoms with E-state index in [2.05, 4.69) is 9.50 Å². The minimum Gasteiger partial charge on any atom is -0.478 e. The molecule has 0 radical (unpaired) electrons. The van der Waals surface area contributed by atoms with Crippen LogP contribution in [0, 0.1) is 0 Å². The summed E-state index contributed by atoms with van der Waals surface area (Å²) in [4.78, 5) is 24.7. The van der Waals surface area contributed by atoms with Crippen molar-refractivity contribution < 1.29 is 31.8 Å². The Bertz CT molecular complexity index is 1130. The predicted molar refractivity (Wildman–Crippen MR) is 123 cm³/mol. The molecule has 3 rings (SSSR count). The Morgan fingerprint density at radius 2 is 1.77 bits per heavy atom. The lowest BCUT2D eigenvalue weighted by Gasteiger charge is -2.11. The lowest BCUT2D eigenvalue weighted by Crippen LogP contribution is -2.17. The molecule has 1 aliphatic rings. The van der Waals surface area contributed by atoms with Gasteiger partial charge in [0.2, 0.25) is 0 Å². The zero-order valence-corrected chi connectivity index (χ0v) is 18.8. The third kappa shape index (κ3) is 7.68. The zero-order valence-electron chi connectivity index (χ0n) is 16.3. The SMILES string of the molecule is CN(C)c1ccc(C=C2SC(=S)NC2=O)cc1.O=C(O)c1ccccc1OS(=O)(=O)O. The van der Waals surface area contributed by atoms with Crippen LogP contribution in [-0.4, -0.2) is 48.4 Å². The monoisotopic (exact) mass is 482 g/mol. The summed E-state index contributed by atoms with van der Waals surface area (Å²) in [6.45, 7) is 0. The summed E-state index contributed by atoms with van der Waals surface area (Å²) in [6, 6.07) is 13.1. The van der Waals surface area contributed by atoms with E-state index in [0.717, 1.165) is 23.4 Å². The third-order valence-corrected chi connectivity index (χ3v) is 5.21. The van der Waals surface area contributed by atoms with Crippen LogP contribution in [0.15, 0.2) is 53.4 Å². The molecule has 12 heteroatoms. The number of nitrogens with one attached hydrogen (secondary N) is 1. The second kappa shape index (κ2) is 10.4. The van der Waals surface area contributed by atoms with E-state index in [1.54, 1.807) is 0 Å². The highest BCUT2D eigenvalue weighted by atomic mass is 32.3. The van der Waals surface area contributed by atoms with Crippen molar-refractivity contribution in [2.75, 3.05) is 19.0 Å². The molecule has 1 heterocycles. The van der Waals surface area contributed by atoms with Crippen LogP contribution >= 0.6 is 24.0 Å². The number of carboxylic acid groups (broad SMARTS) is 1. The highest BCUT2D eigenvalue weighted by Gasteiger charge is 2.21. The molecule has 9 nitrogen and oxygen atoms in total. The van der Waals surface area contributed by atoms with Crippen molar-refractivity contribution in [3.8, 4) is 5.75 Å². The number of carboxylic acids is 1. The molecular formula is C19H18N2O7S3. The van der Waals surface area contributed by atoms with Gasteiger partial charge in [-0.15, -0.1) is 0 Å². The van der Waals surface area contributed by atoms with Crippen molar-refractivity contribution in [3.05, 3.63) is 64.6 Å². The van der Waals surface area contributed by atoms with Crippen LogP contribution in [0.25, 0.3) is 6.08 Å². The van der Waals surface area contributed by atoms with Gasteiger partial charge >= 0.3 is 16.4 Å². The van der Waals surface area contributed by atoms with Crippen molar-refractivity contribution in [1.29, 1.82) is 0 Å². The smallest absolute Gasteiger partial charge is 0.446 e. The van der Waals surface area contributed by atoms with E-state index in [0.29, 0.717) is 9.23 Å². The lowest BCUT2D eigenvalue weighted by molar-refractivity contribution is -0.115. The maximum Gasteiger partial charge on any atom is 0.446 e. The second-order valence-corrected chi connectivity index (χ2v) is 8.89. The van der Waals surface area contributed by atoms with Crippen molar-refractivity contribution in [3.63, 3.8) is 0 Å². The van der Waals surface area contributed by atoms with Gasteiger partial charge in [-0.1, -0.05) is 48.2 Å². The number of aromatic carboxylic acids is 1. The van der Waals surface area contributed by atoms with E-state index in [4.69, 9.17) is 21.9 Å². The van der Waals surface area contributed by atoms with E-state index < -0.39 is 22.1 Å². The molecule has 164 valence electrons. The number of rotatable bonds is 5. The summed E-state index contributed by atoms with van der Waals surface area (Å²) in [5, 5.41) is 11.2. The second-order valence-electron chi connectivity index (χ2n) is 6.15. The maximum absolute atomic E-state index is 11.5. The molecule has 31 heavy (non-hydrogen) atoms. The van der Waals surface area contributed by atoms with Gasteiger partial charge in [0.05, 0.1) is 4.91 Å². The first kappa shape index (κ1) is 24.3. The molecule has 1 saturated heterocycles. The molecule has 0 bridgehead atoms. The maximum atomic E-state index is 11.5. The number of anilines is 1. The number of carbonyl (C=O) groups is 2. The average Bonchev–Trinajstić information content (AvgIpc) is 2.98. The summed E-state index contributed by atoms with van der Waals surface area (Å²) in [6.07, 6.45) is 1.85. The molecule has 0 aliphatic carbocycles. The Morgan fingerprint density at radius 3 is 2.26 bits per heavy atom. The van der Waals surface area contributed by atoms with Crippen molar-refractivity contribution in [1.82, 2.24) is 5.32 Å². The molecule has 2 aromatic carbocycles. The van der Waals surface area contributed by atoms with Gasteiger partial charge in [0.15, 0.2) is 5.75 Å². The van der Waals surface area contributed by atoms with E-state index in [9.17, 15) is 18.0 Å². The van der Waals surface area contributed by atoms with E-state index in [-0.39, 0.29) is 11.5 Å². The fourth-order valence-electron chi connectivity index (χ4n) is 2.27. The van der Waals surface area contributed by atoms with Crippen molar-refractivity contribution >= 4 is 62.3 Å². The normalized spacial score (nSPS) is 14.5. The Hall–Kier alpha value is -2.93. The Labute approximate surface area is 188 Å². The van der Waals surface area contributed by atoms with Gasteiger partial charge in [0.25, 0.3) is 5.91 Å². The average molecular weight is 483 g/mol. The van der Waals surface area contributed by atoms with Gasteiger partial charge in [-0.3, -0.25) is 9.35 Å². The Morgan fingerprint density at radius 1 is 1.16 bits per heavy atom. The highest BCUT2D eigenvalue weighted by molar-refractivity contribution is 8.26. The first-order valence-electron chi connectivity index (χ1n) is 8.48. The standard InChI is InChI=1S/C12H12N2OS2.C7H6O6S/c1-14(2)9-5-3-8(4-6-9)7-10-11(15)13-12(16)17-10;8-7(9)5-3-1-2-4-6(5)13-14(10,11)12/h3-7H,1-2H3,(H,13,15,16);1-4H,(H,8,9)(H,10,11,12). The molecule has 0 unspecified atom stereocenters. The molecule has 3 N–H and O–H groups in total. The van der Waals surface area contributed by atoms with E-state index >= 15 is 0 Å². The minimum absolute atomic E-state index is 0.114. The predicted octanol–water partition coefficient (Wildman–Crippen LogP) is 2.81. The molecular weight excluding hydrogens is 464 g/mol. The van der Waals surface area contributed by atoms with Crippen LogP contribution in [-0.2, 0) is 15.2 Å². The van der Waals surface area contributed by atoms with Crippen LogP contribution in [0.5, 0.6) is 5.75 Å². The van der Waals surface area contributed by atoms with Gasteiger partial charge in [-0.25, -0.2) is 4.79 Å². The van der Waals surface area contributed by atoms with Gasteiger partial charge in [-0.2, -0.15) is 8.42 Å². The number of thioether (sulfide) groups is 1. The molecule has 1 aliphatic heterocycles. The number of thiocarbonyl (C=S) groups is 1. The van der Waals surface area contributed by atoms with Crippen molar-refractivity contribution in [2.45, 2.75) is 0 Å². The van der Waals surface area contributed by atoms with Gasteiger partial charge in [-0.05, 0) is 35.9 Å². The molecule has 1 amide bonds. The van der Waals surface area contributed by atoms with E-state index in [1.807, 2.05) is 49.3 Å². The van der Waals surface area contributed by atoms with Gasteiger partial charge < -0.3 is 19.5 Å². The number of carbonyl (C=O) groups excluding carboxylic acids is 1. The molecule has 0 saturated carbocycles. The molecule has 0 aromatic heterocycles. The number of amides is 1. The zero-order chi connectivity index (χ0) is 23.2. The summed E-state index contributed by atoms with van der Waals surface area (Å²) in [7, 11) is -0.712. The molecule has 0 spiro atoms. The minimum atomic E-state index is -4.70. The fraction of sp³-hybridized carbons (Fsp3) is 0.105. The molecule has 1 fully saturated rings. The summed E-state index contributed by atoms with van der Waals surface area (Å²) in [5.41, 5.74) is 1.79. The van der Waals surface area contributed by atoms with Gasteiger partial charge in [0, 0.05) is 19.8 Å². The van der Waals surface area contributed by atoms with Crippen LogP contribution < -0.4 is 14.4 Å². The van der Waals surface area contributed by atoms with Crippen LogP contribution in [0.3, 0.4) is 0 Å². The fourth-order valence-corrected chi connectivity index (χ4v) is 3.69. The van der Waals surface area contributed by atoms with E-state index in [1.165, 1.54) is 23.9 Å². The Kier molecular flexibility index (Phi) is 8.16. The topological polar surface area (TPSA) is 133 Å². The molecule has 2 aromatic rings. The number of hydrogen-bond acceptors (Lipinski definition) is 8. The lowest BCUT2D eigenvalue weighted by atomic mass is 10.2. The highest BCUT2D eigenvalue weighted by Crippen LogP contribution is 2.26. The van der Waals surface area contributed by atoms with Crippen LogP contribution in [0.2, 0.25) is 0 Å². The summed E-state index contributed by atoms with van der Waals surface area (Å²) in [5.74, 6) is -1.89. The van der Waals surface area contributed by atoms with Crippen LogP contribution in [0.1, 0.15) is 15.9 Å². The first-order chi connectivity index (χ1) is 14.5. The molecule has 0 atom stereocenters. The number of para-hydroxylation sites is 1. The number of nitrogens with zero attached hydrogens (tertiary/aromatic N) is 1. The van der Waals surface area contributed by atoms with Crippen molar-refractivity contribution in [2.24, 2.45) is 0 Å². The quantitative estimate of drug-likeness (QED) is 0.332. The van der Waals surface area contributed by atoms with Crippen LogP contribution in [0.4, 0.5) is 5.69 Å². The first-order valence-corrected chi connectivity index (χ1v) is 11.1. The summed E-state index contributed by atoms with van der Waals surface area (Å²) >= 11 is 6.23. The van der Waals surface area contributed by atoms with Gasteiger partial charge in [0.1, 0.15) is 9.88 Å².